The number of carbonyl (C=O) groups is 1. The summed E-state index contributed by atoms with van der Waals surface area (Å²) in [4.78, 5) is 11.9. The fourth-order valence-electron chi connectivity index (χ4n) is 1.37. The molecular formula is C10H12ClN5O. The van der Waals surface area contributed by atoms with Crippen molar-refractivity contribution in [3.8, 4) is 0 Å². The van der Waals surface area contributed by atoms with Crippen LogP contribution in [0.25, 0.3) is 0 Å². The van der Waals surface area contributed by atoms with Crippen LogP contribution in [0.5, 0.6) is 0 Å². The highest BCUT2D eigenvalue weighted by atomic mass is 35.5. The predicted molar refractivity (Wildman–Crippen MR) is 64.1 cm³/mol. The van der Waals surface area contributed by atoms with Gasteiger partial charge in [0.25, 0.3) is 5.91 Å². The van der Waals surface area contributed by atoms with E-state index >= 15 is 0 Å². The van der Waals surface area contributed by atoms with E-state index < -0.39 is 0 Å². The van der Waals surface area contributed by atoms with E-state index in [4.69, 9.17) is 11.6 Å². The van der Waals surface area contributed by atoms with Gasteiger partial charge in [0.2, 0.25) is 0 Å². The number of nitrogens with one attached hydrogen (secondary N) is 1. The monoisotopic (exact) mass is 253 g/mol. The summed E-state index contributed by atoms with van der Waals surface area (Å²) >= 11 is 5.92. The second kappa shape index (κ2) is 4.58. The van der Waals surface area contributed by atoms with Crippen LogP contribution in [0.2, 0.25) is 5.02 Å². The molecule has 7 heteroatoms. The largest absolute Gasteiger partial charge is 0.304 e. The first-order valence-corrected chi connectivity index (χ1v) is 5.52. The maximum atomic E-state index is 11.9. The van der Waals surface area contributed by atoms with Crippen LogP contribution >= 0.6 is 11.6 Å². The molecule has 17 heavy (non-hydrogen) atoms. The Bertz CT molecular complexity index is 545. The maximum Gasteiger partial charge on any atom is 0.278 e. The average molecular weight is 254 g/mol. The molecule has 0 unspecified atom stereocenters. The molecule has 0 atom stereocenters. The molecule has 2 aromatic rings. The van der Waals surface area contributed by atoms with Crippen LogP contribution in [0.3, 0.4) is 0 Å². The number of halogens is 1. The predicted octanol–water partition coefficient (Wildman–Crippen LogP) is 1.54. The van der Waals surface area contributed by atoms with Crippen LogP contribution in [-0.4, -0.2) is 25.5 Å². The Morgan fingerprint density at radius 1 is 1.53 bits per heavy atom. The molecule has 0 saturated carbocycles. The van der Waals surface area contributed by atoms with Gasteiger partial charge in [-0.25, -0.2) is 0 Å². The minimum atomic E-state index is -0.360. The highest BCUT2D eigenvalue weighted by Crippen LogP contribution is 2.15. The quantitative estimate of drug-likeness (QED) is 0.903. The fraction of sp³-hybridized carbons (Fsp3) is 0.300. The maximum absolute atomic E-state index is 11.9. The van der Waals surface area contributed by atoms with Crippen LogP contribution < -0.4 is 5.32 Å². The first-order valence-electron chi connectivity index (χ1n) is 5.14. The smallest absolute Gasteiger partial charge is 0.278 e. The van der Waals surface area contributed by atoms with E-state index in [2.05, 4.69) is 15.5 Å². The number of anilines is 1. The first kappa shape index (κ1) is 11.7. The Kier molecular flexibility index (Phi) is 3.14. The average Bonchev–Trinajstić information content (AvgIpc) is 2.85. The van der Waals surface area contributed by atoms with Gasteiger partial charge >= 0.3 is 0 Å². The molecule has 0 saturated heterocycles. The number of hydrogen-bond donors (Lipinski definition) is 1. The minimum Gasteiger partial charge on any atom is -0.304 e. The van der Waals surface area contributed by atoms with Gasteiger partial charge in [-0.2, -0.15) is 10.2 Å². The van der Waals surface area contributed by atoms with Crippen LogP contribution in [0.15, 0.2) is 18.5 Å². The molecule has 90 valence electrons. The summed E-state index contributed by atoms with van der Waals surface area (Å²) < 4.78 is 3.21. The SMILES string of the molecule is CCn1cc(Cl)c(C(=O)Nc2ccn(C)n2)n1. The third-order valence-electron chi connectivity index (χ3n) is 2.21. The molecule has 0 spiro atoms. The molecule has 0 fully saturated rings. The van der Waals surface area contributed by atoms with Crippen molar-refractivity contribution < 1.29 is 4.79 Å². The number of rotatable bonds is 3. The van der Waals surface area contributed by atoms with Crippen LogP contribution in [0.4, 0.5) is 5.82 Å². The molecule has 0 bridgehead atoms. The van der Waals surface area contributed by atoms with E-state index in [-0.39, 0.29) is 11.6 Å². The van der Waals surface area contributed by atoms with Gasteiger partial charge in [0, 0.05) is 32.1 Å². The molecule has 0 aliphatic heterocycles. The zero-order valence-electron chi connectivity index (χ0n) is 9.51. The molecule has 2 heterocycles. The summed E-state index contributed by atoms with van der Waals surface area (Å²) in [5.41, 5.74) is 0.208. The van der Waals surface area contributed by atoms with Crippen molar-refractivity contribution in [2.75, 3.05) is 5.32 Å². The van der Waals surface area contributed by atoms with Gasteiger partial charge in [-0.3, -0.25) is 14.2 Å². The number of amides is 1. The second-order valence-electron chi connectivity index (χ2n) is 3.51. The van der Waals surface area contributed by atoms with Crippen molar-refractivity contribution in [3.05, 3.63) is 29.2 Å². The lowest BCUT2D eigenvalue weighted by Gasteiger charge is -1.98. The fourth-order valence-corrected chi connectivity index (χ4v) is 1.61. The Labute approximate surface area is 103 Å². The third kappa shape index (κ3) is 2.47. The zero-order valence-corrected chi connectivity index (χ0v) is 10.3. The van der Waals surface area contributed by atoms with Crippen molar-refractivity contribution in [2.24, 2.45) is 7.05 Å². The molecule has 1 amide bonds. The summed E-state index contributed by atoms with van der Waals surface area (Å²) in [6.45, 7) is 2.58. The summed E-state index contributed by atoms with van der Waals surface area (Å²) in [7, 11) is 1.77. The minimum absolute atomic E-state index is 0.208. The lowest BCUT2D eigenvalue weighted by molar-refractivity contribution is 0.102. The van der Waals surface area contributed by atoms with E-state index in [1.165, 1.54) is 0 Å². The molecule has 0 aliphatic rings. The molecule has 2 rings (SSSR count). The molecule has 0 aromatic carbocycles. The third-order valence-corrected chi connectivity index (χ3v) is 2.49. The Morgan fingerprint density at radius 3 is 2.82 bits per heavy atom. The Hall–Kier alpha value is -1.82. The number of carbonyl (C=O) groups excluding carboxylic acids is 1. The van der Waals surface area contributed by atoms with E-state index in [1.807, 2.05) is 6.92 Å². The Balaban J connectivity index is 2.16. The number of nitrogens with zero attached hydrogens (tertiary/aromatic N) is 4. The lowest BCUT2D eigenvalue weighted by atomic mass is 10.4. The summed E-state index contributed by atoms with van der Waals surface area (Å²) in [6, 6.07) is 1.70. The summed E-state index contributed by atoms with van der Waals surface area (Å²) in [5.74, 6) is 0.112. The molecule has 1 N–H and O–H groups in total. The van der Waals surface area contributed by atoms with E-state index in [9.17, 15) is 4.79 Å². The first-order chi connectivity index (χ1) is 8.10. The van der Waals surface area contributed by atoms with Crippen molar-refractivity contribution in [1.29, 1.82) is 0 Å². The van der Waals surface area contributed by atoms with Crippen LogP contribution in [0, 0.1) is 0 Å². The summed E-state index contributed by atoms with van der Waals surface area (Å²) in [5, 5.41) is 11.1. The normalized spacial score (nSPS) is 10.5. The highest BCUT2D eigenvalue weighted by Gasteiger charge is 2.16. The van der Waals surface area contributed by atoms with E-state index in [0.717, 1.165) is 0 Å². The van der Waals surface area contributed by atoms with Gasteiger partial charge in [0.1, 0.15) is 0 Å². The van der Waals surface area contributed by atoms with Crippen LogP contribution in [-0.2, 0) is 13.6 Å². The second-order valence-corrected chi connectivity index (χ2v) is 3.92. The van der Waals surface area contributed by atoms with E-state index in [0.29, 0.717) is 17.4 Å². The van der Waals surface area contributed by atoms with Gasteiger partial charge in [0.15, 0.2) is 11.5 Å². The molecule has 6 nitrogen and oxygen atoms in total. The zero-order chi connectivity index (χ0) is 12.4. The van der Waals surface area contributed by atoms with Gasteiger partial charge in [0.05, 0.1) is 5.02 Å². The number of aryl methyl sites for hydroxylation is 2. The van der Waals surface area contributed by atoms with Crippen molar-refractivity contribution in [3.63, 3.8) is 0 Å². The topological polar surface area (TPSA) is 64.7 Å². The number of hydrogen-bond acceptors (Lipinski definition) is 3. The van der Waals surface area contributed by atoms with Gasteiger partial charge in [-0.1, -0.05) is 11.6 Å². The lowest BCUT2D eigenvalue weighted by Crippen LogP contribution is -2.14. The van der Waals surface area contributed by atoms with Crippen LogP contribution in [0.1, 0.15) is 17.4 Å². The standard InChI is InChI=1S/C10H12ClN5O/c1-3-16-6-7(11)9(14-16)10(17)12-8-4-5-15(2)13-8/h4-6H,3H2,1-2H3,(H,12,13,17). The molecule has 0 radical (unpaired) electrons. The summed E-state index contributed by atoms with van der Waals surface area (Å²) in [6.07, 6.45) is 3.36. The van der Waals surface area contributed by atoms with Crippen molar-refractivity contribution in [2.45, 2.75) is 13.5 Å². The number of aromatic nitrogens is 4. The highest BCUT2D eigenvalue weighted by molar-refractivity contribution is 6.34. The van der Waals surface area contributed by atoms with E-state index in [1.54, 1.807) is 34.9 Å². The van der Waals surface area contributed by atoms with Crippen molar-refractivity contribution in [1.82, 2.24) is 19.6 Å². The Morgan fingerprint density at radius 2 is 2.29 bits per heavy atom. The molecular weight excluding hydrogens is 242 g/mol. The molecule has 2 aromatic heterocycles. The van der Waals surface area contributed by atoms with Crippen molar-refractivity contribution >= 4 is 23.3 Å². The van der Waals surface area contributed by atoms with Gasteiger partial charge in [-0.15, -0.1) is 0 Å². The molecule has 0 aliphatic carbocycles. The van der Waals surface area contributed by atoms with Gasteiger partial charge < -0.3 is 5.32 Å². The van der Waals surface area contributed by atoms with Gasteiger partial charge in [-0.05, 0) is 6.92 Å².